The Hall–Kier alpha value is -1.44. The lowest BCUT2D eigenvalue weighted by molar-refractivity contribution is 0.104. The normalized spacial score (nSPS) is 10.5. The Morgan fingerprint density at radius 1 is 1.50 bits per heavy atom. The van der Waals surface area contributed by atoms with Crippen molar-refractivity contribution in [3.63, 3.8) is 0 Å². The van der Waals surface area contributed by atoms with Crippen molar-refractivity contribution in [2.45, 2.75) is 6.92 Å². The summed E-state index contributed by atoms with van der Waals surface area (Å²) in [5.74, 6) is -0.553. The predicted octanol–water partition coefficient (Wildman–Crippen LogP) is 2.58. The molecule has 0 fully saturated rings. The third-order valence-electron chi connectivity index (χ3n) is 1.43. The van der Waals surface area contributed by atoms with Gasteiger partial charge in [-0.25, -0.2) is 4.39 Å². The second kappa shape index (κ2) is 3.81. The lowest BCUT2D eigenvalue weighted by Crippen LogP contribution is -1.93. The van der Waals surface area contributed by atoms with Gasteiger partial charge in [0.1, 0.15) is 5.82 Å². The van der Waals surface area contributed by atoms with Gasteiger partial charge < -0.3 is 0 Å². The monoisotopic (exact) mass is 164 g/mol. The fourth-order valence-electron chi connectivity index (χ4n) is 0.889. The predicted molar refractivity (Wildman–Crippen MR) is 45.5 cm³/mol. The molecule has 1 rings (SSSR count). The van der Waals surface area contributed by atoms with Crippen LogP contribution in [0.1, 0.15) is 17.3 Å². The summed E-state index contributed by atoms with van der Waals surface area (Å²) in [6.45, 7) is 1.75. The fraction of sp³-hybridized carbons (Fsp3) is 0.100. The van der Waals surface area contributed by atoms with E-state index in [-0.39, 0.29) is 11.6 Å². The molecule has 0 N–H and O–H groups in total. The molecule has 0 aromatic heterocycles. The molecule has 1 nitrogen and oxygen atoms in total. The van der Waals surface area contributed by atoms with Crippen LogP contribution in [0.25, 0.3) is 0 Å². The zero-order valence-corrected chi connectivity index (χ0v) is 6.75. The maximum atomic E-state index is 12.6. The smallest absolute Gasteiger partial charge is 0.185 e. The highest BCUT2D eigenvalue weighted by Crippen LogP contribution is 2.04. The van der Waals surface area contributed by atoms with Gasteiger partial charge in [-0.15, -0.1) is 0 Å². The number of halogens is 1. The number of hydrogen-bond donors (Lipinski definition) is 0. The zero-order chi connectivity index (χ0) is 8.97. The minimum Gasteiger partial charge on any atom is -0.289 e. The fourth-order valence-corrected chi connectivity index (χ4v) is 0.889. The van der Waals surface area contributed by atoms with E-state index in [1.807, 2.05) is 0 Å². The van der Waals surface area contributed by atoms with E-state index in [1.54, 1.807) is 19.1 Å². The molecule has 0 bridgehead atoms. The van der Waals surface area contributed by atoms with Gasteiger partial charge in [-0.1, -0.05) is 18.2 Å². The second-order valence-electron chi connectivity index (χ2n) is 2.37. The lowest BCUT2D eigenvalue weighted by Gasteiger charge is -1.94. The third kappa shape index (κ3) is 2.02. The first-order chi connectivity index (χ1) is 5.74. The first-order valence-corrected chi connectivity index (χ1v) is 3.66. The summed E-state index contributed by atoms with van der Waals surface area (Å²) in [5, 5.41) is 0. The molecule has 0 unspecified atom stereocenters. The molecular formula is C10H9FO. The summed E-state index contributed by atoms with van der Waals surface area (Å²) >= 11 is 0. The molecule has 0 radical (unpaired) electrons. The van der Waals surface area contributed by atoms with Gasteiger partial charge in [-0.3, -0.25) is 4.79 Å². The van der Waals surface area contributed by atoms with Crippen molar-refractivity contribution < 1.29 is 9.18 Å². The standard InChI is InChI=1S/C10H9FO/c1-2-4-10(12)8-5-3-6-9(11)7-8/h2-7H,1H3/b4-2-. The topological polar surface area (TPSA) is 17.1 Å². The Balaban J connectivity index is 2.96. The highest BCUT2D eigenvalue weighted by molar-refractivity contribution is 6.04. The van der Waals surface area contributed by atoms with Gasteiger partial charge in [-0.2, -0.15) is 0 Å². The Morgan fingerprint density at radius 3 is 2.83 bits per heavy atom. The van der Waals surface area contributed by atoms with Gasteiger partial charge in [0.05, 0.1) is 0 Å². The zero-order valence-electron chi connectivity index (χ0n) is 6.75. The van der Waals surface area contributed by atoms with Crippen molar-refractivity contribution in [1.29, 1.82) is 0 Å². The second-order valence-corrected chi connectivity index (χ2v) is 2.37. The number of rotatable bonds is 2. The highest BCUT2D eigenvalue weighted by Gasteiger charge is 2.00. The van der Waals surface area contributed by atoms with Crippen LogP contribution in [-0.2, 0) is 0 Å². The third-order valence-corrected chi connectivity index (χ3v) is 1.43. The molecule has 0 saturated heterocycles. The van der Waals surface area contributed by atoms with Crippen LogP contribution in [0.3, 0.4) is 0 Å². The van der Waals surface area contributed by atoms with Crippen LogP contribution in [0.4, 0.5) is 4.39 Å². The van der Waals surface area contributed by atoms with E-state index in [9.17, 15) is 9.18 Å². The van der Waals surface area contributed by atoms with E-state index in [0.717, 1.165) is 0 Å². The lowest BCUT2D eigenvalue weighted by atomic mass is 10.1. The minimum atomic E-state index is -0.384. The van der Waals surface area contributed by atoms with Crippen LogP contribution >= 0.6 is 0 Å². The van der Waals surface area contributed by atoms with E-state index in [2.05, 4.69) is 0 Å². The van der Waals surface area contributed by atoms with E-state index in [0.29, 0.717) is 5.56 Å². The number of allylic oxidation sites excluding steroid dienone is 2. The van der Waals surface area contributed by atoms with Crippen molar-refractivity contribution in [1.82, 2.24) is 0 Å². The first-order valence-electron chi connectivity index (χ1n) is 3.66. The summed E-state index contributed by atoms with van der Waals surface area (Å²) in [7, 11) is 0. The Kier molecular flexibility index (Phi) is 2.75. The summed E-state index contributed by atoms with van der Waals surface area (Å²) < 4.78 is 12.6. The molecule has 1 aromatic rings. The van der Waals surface area contributed by atoms with E-state index >= 15 is 0 Å². The Bertz CT molecular complexity index is 315. The number of benzene rings is 1. The van der Waals surface area contributed by atoms with E-state index in [1.165, 1.54) is 24.3 Å². The van der Waals surface area contributed by atoms with Crippen molar-refractivity contribution >= 4 is 5.78 Å². The SMILES string of the molecule is C/C=C\C(=O)c1cccc(F)c1. The summed E-state index contributed by atoms with van der Waals surface area (Å²) in [6, 6.07) is 5.65. The van der Waals surface area contributed by atoms with Crippen molar-refractivity contribution in [2.24, 2.45) is 0 Å². The average molecular weight is 164 g/mol. The molecule has 0 saturated carbocycles. The van der Waals surface area contributed by atoms with Crippen LogP contribution in [0, 0.1) is 5.82 Å². The molecule has 12 heavy (non-hydrogen) atoms. The van der Waals surface area contributed by atoms with Gasteiger partial charge in [0.15, 0.2) is 5.78 Å². The molecule has 0 heterocycles. The Labute approximate surface area is 70.5 Å². The molecular weight excluding hydrogens is 155 g/mol. The molecule has 0 aliphatic rings. The van der Waals surface area contributed by atoms with E-state index in [4.69, 9.17) is 0 Å². The number of hydrogen-bond acceptors (Lipinski definition) is 1. The van der Waals surface area contributed by atoms with Gasteiger partial charge in [-0.05, 0) is 25.1 Å². The maximum Gasteiger partial charge on any atom is 0.185 e. The van der Waals surface area contributed by atoms with Gasteiger partial charge in [0, 0.05) is 5.56 Å². The minimum absolute atomic E-state index is 0.169. The molecule has 0 atom stereocenters. The molecule has 0 aliphatic heterocycles. The molecule has 1 aromatic carbocycles. The largest absolute Gasteiger partial charge is 0.289 e. The number of carbonyl (C=O) groups is 1. The molecule has 0 aliphatic carbocycles. The quantitative estimate of drug-likeness (QED) is 0.485. The van der Waals surface area contributed by atoms with Gasteiger partial charge >= 0.3 is 0 Å². The van der Waals surface area contributed by atoms with Gasteiger partial charge in [0.2, 0.25) is 0 Å². The van der Waals surface area contributed by atoms with Crippen LogP contribution in [0.15, 0.2) is 36.4 Å². The van der Waals surface area contributed by atoms with Crippen molar-refractivity contribution in [3.05, 3.63) is 47.8 Å². The Morgan fingerprint density at radius 2 is 2.25 bits per heavy atom. The van der Waals surface area contributed by atoms with Crippen LogP contribution < -0.4 is 0 Å². The highest BCUT2D eigenvalue weighted by atomic mass is 19.1. The van der Waals surface area contributed by atoms with Crippen molar-refractivity contribution in [3.8, 4) is 0 Å². The van der Waals surface area contributed by atoms with Gasteiger partial charge in [0.25, 0.3) is 0 Å². The van der Waals surface area contributed by atoms with Crippen LogP contribution in [-0.4, -0.2) is 5.78 Å². The molecule has 0 spiro atoms. The van der Waals surface area contributed by atoms with E-state index < -0.39 is 0 Å². The number of carbonyl (C=O) groups excluding carboxylic acids is 1. The number of ketones is 1. The molecule has 62 valence electrons. The first kappa shape index (κ1) is 8.65. The summed E-state index contributed by atoms with van der Waals surface area (Å²) in [6.07, 6.45) is 3.04. The van der Waals surface area contributed by atoms with Crippen LogP contribution in [0.5, 0.6) is 0 Å². The van der Waals surface area contributed by atoms with Crippen molar-refractivity contribution in [2.75, 3.05) is 0 Å². The average Bonchev–Trinajstić information content (AvgIpc) is 2.05. The maximum absolute atomic E-state index is 12.6. The summed E-state index contributed by atoms with van der Waals surface area (Å²) in [4.78, 5) is 11.1. The van der Waals surface area contributed by atoms with Crippen LogP contribution in [0.2, 0.25) is 0 Å². The molecule has 2 heteroatoms. The summed E-state index contributed by atoms with van der Waals surface area (Å²) in [5.41, 5.74) is 0.383. The molecule has 0 amide bonds.